The van der Waals surface area contributed by atoms with E-state index < -0.39 is 37.3 Å². The molecule has 310 valence electrons. The number of nitrogens with zero attached hydrogens (tertiary/aromatic N) is 4. The van der Waals surface area contributed by atoms with Crippen molar-refractivity contribution in [2.45, 2.75) is 44.2 Å². The van der Waals surface area contributed by atoms with E-state index in [0.717, 1.165) is 49.5 Å². The Balaban J connectivity index is 0.893. The van der Waals surface area contributed by atoms with Crippen molar-refractivity contribution in [3.05, 3.63) is 83.0 Å². The lowest BCUT2D eigenvalue weighted by Gasteiger charge is -2.34. The van der Waals surface area contributed by atoms with Gasteiger partial charge in [-0.1, -0.05) is 29.8 Å². The van der Waals surface area contributed by atoms with E-state index in [0.29, 0.717) is 40.7 Å². The topological polar surface area (TPSA) is 205 Å². The molecular weight excluding hydrogens is 801 g/mol. The second-order valence-electron chi connectivity index (χ2n) is 14.1. The standard InChI is InChI=1S/C40H45ClN9O8P/c1-56-32-22-25(12-13-28(32)46-40-44-23-27(41)36(48-40)45-29-9-4-5-11-33(29)59(55,57-2)58-3)49-20-16-24(17-21-49)42-18-7-19-43-30-10-6-8-26-35(30)39(54)50(38(26)53)31-14-15-34(51)47-37(31)52/h4-6,8-13,22-24,31,42-43H,7,14-21H2,1-3H3,(H,47,51,52)(H2,44,45,46,48). The van der Waals surface area contributed by atoms with Crippen LogP contribution in [0.2, 0.25) is 5.02 Å². The molecule has 0 aliphatic carbocycles. The van der Waals surface area contributed by atoms with Gasteiger partial charge in [-0.3, -0.25) is 34.0 Å². The first-order valence-corrected chi connectivity index (χ1v) is 21.1. The fourth-order valence-electron chi connectivity index (χ4n) is 7.45. The van der Waals surface area contributed by atoms with Gasteiger partial charge in [0.1, 0.15) is 16.8 Å². The molecule has 3 aliphatic rings. The minimum absolute atomic E-state index is 0.0703. The summed E-state index contributed by atoms with van der Waals surface area (Å²) in [5, 5.41) is 16.1. The molecule has 7 rings (SSSR count). The van der Waals surface area contributed by atoms with Crippen LogP contribution in [-0.2, 0) is 23.2 Å². The lowest BCUT2D eigenvalue weighted by molar-refractivity contribution is -0.136. The van der Waals surface area contributed by atoms with Crippen molar-refractivity contribution >= 4 is 82.6 Å². The number of imide groups is 2. The van der Waals surface area contributed by atoms with Gasteiger partial charge in [-0.25, -0.2) is 4.98 Å². The molecule has 5 N–H and O–H groups in total. The molecular formula is C40H45ClN9O8P. The molecule has 17 nitrogen and oxygen atoms in total. The molecule has 3 aromatic carbocycles. The predicted molar refractivity (Wildman–Crippen MR) is 224 cm³/mol. The van der Waals surface area contributed by atoms with Crippen LogP contribution in [0, 0.1) is 0 Å². The maximum absolute atomic E-state index is 13.4. The van der Waals surface area contributed by atoms with Gasteiger partial charge in [0.2, 0.25) is 17.8 Å². The zero-order chi connectivity index (χ0) is 41.7. The van der Waals surface area contributed by atoms with Crippen molar-refractivity contribution in [2.24, 2.45) is 0 Å². The molecule has 0 bridgehead atoms. The molecule has 2 saturated heterocycles. The van der Waals surface area contributed by atoms with E-state index in [1.54, 1.807) is 49.6 Å². The molecule has 59 heavy (non-hydrogen) atoms. The van der Waals surface area contributed by atoms with Gasteiger partial charge in [-0.15, -0.1) is 0 Å². The van der Waals surface area contributed by atoms with Crippen molar-refractivity contribution in [1.82, 2.24) is 25.5 Å². The summed E-state index contributed by atoms with van der Waals surface area (Å²) < 4.78 is 29.3. The lowest BCUT2D eigenvalue weighted by Crippen LogP contribution is -2.54. The number of para-hydroxylation sites is 1. The van der Waals surface area contributed by atoms with E-state index >= 15 is 0 Å². The fourth-order valence-corrected chi connectivity index (χ4v) is 8.83. The number of anilines is 6. The molecule has 0 spiro atoms. The second-order valence-corrected chi connectivity index (χ2v) is 16.7. The Kier molecular flexibility index (Phi) is 12.8. The fraction of sp³-hybridized carbons (Fsp3) is 0.350. The van der Waals surface area contributed by atoms with Crippen LogP contribution in [0.15, 0.2) is 66.9 Å². The van der Waals surface area contributed by atoms with Gasteiger partial charge < -0.3 is 40.0 Å². The Morgan fingerprint density at radius 2 is 1.64 bits per heavy atom. The number of nitrogens with one attached hydrogen (secondary N) is 5. The largest absolute Gasteiger partial charge is 0.494 e. The molecule has 0 saturated carbocycles. The van der Waals surface area contributed by atoms with Crippen LogP contribution < -0.4 is 41.5 Å². The summed E-state index contributed by atoms with van der Waals surface area (Å²) in [6.45, 7) is 3.02. The van der Waals surface area contributed by atoms with Gasteiger partial charge in [0, 0.05) is 63.8 Å². The van der Waals surface area contributed by atoms with Crippen LogP contribution >= 0.6 is 19.2 Å². The number of fused-ring (bicyclic) bond motifs is 1. The molecule has 4 heterocycles. The normalized spacial score (nSPS) is 17.2. The third-order valence-corrected chi connectivity index (χ3v) is 12.8. The Labute approximate surface area is 346 Å². The maximum atomic E-state index is 13.4. The number of piperidine rings is 2. The Morgan fingerprint density at radius 1 is 0.881 bits per heavy atom. The number of carbonyl (C=O) groups is 4. The number of methoxy groups -OCH3 is 1. The van der Waals surface area contributed by atoms with Gasteiger partial charge >= 0.3 is 7.60 Å². The monoisotopic (exact) mass is 845 g/mol. The number of hydrogen-bond acceptors (Lipinski definition) is 15. The minimum Gasteiger partial charge on any atom is -0.494 e. The van der Waals surface area contributed by atoms with Gasteiger partial charge in [-0.05, 0) is 68.6 Å². The highest BCUT2D eigenvalue weighted by atomic mass is 35.5. The van der Waals surface area contributed by atoms with Crippen molar-refractivity contribution in [2.75, 3.05) is 68.4 Å². The zero-order valence-electron chi connectivity index (χ0n) is 32.7. The molecule has 3 aliphatic heterocycles. The van der Waals surface area contributed by atoms with E-state index in [-0.39, 0.29) is 40.8 Å². The number of halogens is 1. The predicted octanol–water partition coefficient (Wildman–Crippen LogP) is 5.20. The number of aromatic nitrogens is 2. The van der Waals surface area contributed by atoms with Crippen molar-refractivity contribution < 1.29 is 37.5 Å². The first kappa shape index (κ1) is 41.6. The zero-order valence-corrected chi connectivity index (χ0v) is 34.4. The van der Waals surface area contributed by atoms with Crippen LogP contribution in [0.5, 0.6) is 5.75 Å². The number of amides is 4. The molecule has 4 aromatic rings. The average Bonchev–Trinajstić information content (AvgIpc) is 3.51. The summed E-state index contributed by atoms with van der Waals surface area (Å²) in [4.78, 5) is 62.8. The number of carbonyl (C=O) groups excluding carboxylic acids is 4. The van der Waals surface area contributed by atoms with E-state index in [9.17, 15) is 23.7 Å². The Hall–Kier alpha value is -5.58. The Morgan fingerprint density at radius 3 is 2.39 bits per heavy atom. The van der Waals surface area contributed by atoms with E-state index in [1.807, 2.05) is 18.2 Å². The third kappa shape index (κ3) is 8.89. The van der Waals surface area contributed by atoms with Crippen LogP contribution in [0.3, 0.4) is 0 Å². The number of rotatable bonds is 16. The quantitative estimate of drug-likeness (QED) is 0.0559. The van der Waals surface area contributed by atoms with Gasteiger partial charge in [0.05, 0.1) is 41.1 Å². The maximum Gasteiger partial charge on any atom is 0.362 e. The number of hydrogen-bond donors (Lipinski definition) is 5. The van der Waals surface area contributed by atoms with Crippen LogP contribution in [0.25, 0.3) is 0 Å². The van der Waals surface area contributed by atoms with Crippen molar-refractivity contribution in [1.29, 1.82) is 0 Å². The molecule has 1 atom stereocenters. The Bertz CT molecular complexity index is 2300. The third-order valence-electron chi connectivity index (χ3n) is 10.5. The molecule has 2 fully saturated rings. The summed E-state index contributed by atoms with van der Waals surface area (Å²) in [5.41, 5.74) is 3.18. The molecule has 1 unspecified atom stereocenters. The molecule has 0 radical (unpaired) electrons. The van der Waals surface area contributed by atoms with Gasteiger partial charge in [-0.2, -0.15) is 4.98 Å². The summed E-state index contributed by atoms with van der Waals surface area (Å²) >= 11 is 6.46. The van der Waals surface area contributed by atoms with Gasteiger partial charge in [0.15, 0.2) is 5.82 Å². The van der Waals surface area contributed by atoms with Crippen molar-refractivity contribution in [3.8, 4) is 5.75 Å². The molecule has 19 heteroatoms. The van der Waals surface area contributed by atoms with Gasteiger partial charge in [0.25, 0.3) is 11.8 Å². The SMILES string of the molecule is COc1cc(N2CCC(NCCCNc3cccc4c3C(=O)N(C3CCC(=O)NC3=O)C4=O)CC2)ccc1Nc1ncc(Cl)c(Nc2ccccc2P(=O)(OC)OC)n1. The summed E-state index contributed by atoms with van der Waals surface area (Å²) in [6, 6.07) is 17.2. The second kappa shape index (κ2) is 18.1. The van der Waals surface area contributed by atoms with Crippen molar-refractivity contribution in [3.63, 3.8) is 0 Å². The smallest absolute Gasteiger partial charge is 0.362 e. The summed E-state index contributed by atoms with van der Waals surface area (Å²) in [6.07, 6.45) is 4.30. The number of ether oxygens (including phenoxy) is 1. The lowest BCUT2D eigenvalue weighted by atomic mass is 10.0. The highest BCUT2D eigenvalue weighted by molar-refractivity contribution is 7.62. The summed E-state index contributed by atoms with van der Waals surface area (Å²) in [5.74, 6) is -0.946. The molecule has 1 aromatic heterocycles. The first-order valence-electron chi connectivity index (χ1n) is 19.2. The molecule has 4 amide bonds. The summed E-state index contributed by atoms with van der Waals surface area (Å²) in [7, 11) is 0.669. The minimum atomic E-state index is -3.57. The highest BCUT2D eigenvalue weighted by Gasteiger charge is 2.45. The van der Waals surface area contributed by atoms with E-state index in [1.165, 1.54) is 20.4 Å². The van der Waals surface area contributed by atoms with Crippen LogP contribution in [0.1, 0.15) is 52.8 Å². The van der Waals surface area contributed by atoms with Crippen LogP contribution in [-0.4, -0.2) is 98.1 Å². The highest BCUT2D eigenvalue weighted by Crippen LogP contribution is 2.47. The number of benzene rings is 3. The first-order chi connectivity index (χ1) is 28.5. The van der Waals surface area contributed by atoms with Crippen LogP contribution in [0.4, 0.5) is 34.5 Å². The average molecular weight is 846 g/mol. The van der Waals surface area contributed by atoms with E-state index in [2.05, 4.69) is 41.5 Å². The van der Waals surface area contributed by atoms with E-state index in [4.69, 9.17) is 25.4 Å².